The molecule has 0 aromatic heterocycles. The van der Waals surface area contributed by atoms with Gasteiger partial charge >= 0.3 is 0 Å². The number of thiocarbonyl (C=S) groups is 1. The van der Waals surface area contributed by atoms with Gasteiger partial charge in [-0.1, -0.05) is 24.6 Å². The van der Waals surface area contributed by atoms with Gasteiger partial charge in [-0.25, -0.2) is 0 Å². The first kappa shape index (κ1) is 13.9. The normalized spacial score (nSPS) is 33.5. The molecule has 0 radical (unpaired) electrons. The van der Waals surface area contributed by atoms with Crippen LogP contribution in [0.2, 0.25) is 0 Å². The van der Waals surface area contributed by atoms with Crippen LogP contribution >= 0.6 is 24.0 Å². The number of hydrogen-bond donors (Lipinski definition) is 2. The topological polar surface area (TPSA) is 24.1 Å². The second-order valence-electron chi connectivity index (χ2n) is 6.63. The highest BCUT2D eigenvalue weighted by Gasteiger charge is 2.39. The molecule has 0 saturated heterocycles. The minimum absolute atomic E-state index is 0.376. The SMILES string of the molecule is S=C(N[C@@H]1CCSc2ccccc21)N[C@@H]1C[C@H]2CC[C@H]1C2. The van der Waals surface area contributed by atoms with Crippen molar-refractivity contribution in [2.75, 3.05) is 5.75 Å². The van der Waals surface area contributed by atoms with Crippen LogP contribution in [-0.4, -0.2) is 16.9 Å². The Bertz CT molecular complexity index is 545. The Morgan fingerprint density at radius 2 is 2.00 bits per heavy atom. The van der Waals surface area contributed by atoms with Crippen molar-refractivity contribution in [2.24, 2.45) is 11.8 Å². The van der Waals surface area contributed by atoms with Gasteiger partial charge in [0.1, 0.15) is 0 Å². The lowest BCUT2D eigenvalue weighted by molar-refractivity contribution is 0.387. The van der Waals surface area contributed by atoms with Crippen molar-refractivity contribution in [2.45, 2.75) is 49.1 Å². The molecule has 2 saturated carbocycles. The van der Waals surface area contributed by atoms with Crippen molar-refractivity contribution in [3.05, 3.63) is 29.8 Å². The van der Waals surface area contributed by atoms with Gasteiger partial charge in [0, 0.05) is 16.7 Å². The fourth-order valence-electron chi connectivity index (χ4n) is 4.28. The molecule has 0 amide bonds. The number of benzene rings is 1. The fraction of sp³-hybridized carbons (Fsp3) is 0.588. The van der Waals surface area contributed by atoms with Crippen LogP contribution in [0.5, 0.6) is 0 Å². The van der Waals surface area contributed by atoms with Gasteiger partial charge in [-0.15, -0.1) is 11.8 Å². The Morgan fingerprint density at radius 1 is 1.10 bits per heavy atom. The fourth-order valence-corrected chi connectivity index (χ4v) is 5.70. The van der Waals surface area contributed by atoms with Gasteiger partial charge in [-0.2, -0.15) is 0 Å². The Morgan fingerprint density at radius 3 is 2.81 bits per heavy atom. The molecule has 2 bridgehead atoms. The summed E-state index contributed by atoms with van der Waals surface area (Å²) in [5, 5.41) is 8.03. The van der Waals surface area contributed by atoms with Crippen LogP contribution in [0.4, 0.5) is 0 Å². The highest BCUT2D eigenvalue weighted by Crippen LogP contribution is 2.44. The van der Waals surface area contributed by atoms with Gasteiger partial charge < -0.3 is 10.6 Å². The number of hydrogen-bond acceptors (Lipinski definition) is 2. The Labute approximate surface area is 136 Å². The summed E-state index contributed by atoms with van der Waals surface area (Å²) in [7, 11) is 0. The third-order valence-electron chi connectivity index (χ3n) is 5.32. The number of thioether (sulfide) groups is 1. The van der Waals surface area contributed by atoms with E-state index in [4.69, 9.17) is 12.2 Å². The predicted molar refractivity (Wildman–Crippen MR) is 92.6 cm³/mol. The molecule has 0 spiro atoms. The van der Waals surface area contributed by atoms with Gasteiger partial charge in [0.2, 0.25) is 0 Å². The van der Waals surface area contributed by atoms with Crippen molar-refractivity contribution >= 4 is 29.1 Å². The maximum absolute atomic E-state index is 5.59. The molecule has 1 aliphatic heterocycles. The van der Waals surface area contributed by atoms with E-state index in [1.807, 2.05) is 11.8 Å². The van der Waals surface area contributed by atoms with Gasteiger partial charge in [0.05, 0.1) is 6.04 Å². The molecular weight excluding hydrogens is 296 g/mol. The third kappa shape index (κ3) is 2.80. The maximum Gasteiger partial charge on any atom is 0.167 e. The standard InChI is InChI=1S/C17H22N2S2/c20-17(19-15-10-11-5-6-12(15)9-11)18-14-7-8-21-16-4-2-1-3-13(14)16/h1-4,11-12,14-15H,5-10H2,(H2,18,19,20)/t11-,12-,14+,15+/m0/s1. The molecule has 3 aliphatic rings. The zero-order chi connectivity index (χ0) is 14.2. The van der Waals surface area contributed by atoms with Crippen LogP contribution in [0, 0.1) is 11.8 Å². The van der Waals surface area contributed by atoms with E-state index in [0.717, 1.165) is 23.4 Å². The summed E-state index contributed by atoms with van der Waals surface area (Å²) in [5.74, 6) is 3.00. The molecule has 21 heavy (non-hydrogen) atoms. The second-order valence-corrected chi connectivity index (χ2v) is 8.17. The smallest absolute Gasteiger partial charge is 0.167 e. The van der Waals surface area contributed by atoms with Gasteiger partial charge in [0.15, 0.2) is 5.11 Å². The highest BCUT2D eigenvalue weighted by atomic mass is 32.2. The molecule has 2 fully saturated rings. The minimum Gasteiger partial charge on any atom is -0.360 e. The summed E-state index contributed by atoms with van der Waals surface area (Å²) in [6.07, 6.45) is 6.73. The third-order valence-corrected chi connectivity index (χ3v) is 6.68. The summed E-state index contributed by atoms with van der Waals surface area (Å²) in [5.41, 5.74) is 1.41. The number of nitrogens with one attached hydrogen (secondary N) is 2. The molecule has 1 heterocycles. The van der Waals surface area contributed by atoms with Gasteiger partial charge in [0.25, 0.3) is 0 Å². The molecule has 112 valence electrons. The van der Waals surface area contributed by atoms with Gasteiger partial charge in [-0.3, -0.25) is 0 Å². The lowest BCUT2D eigenvalue weighted by atomic mass is 9.95. The Hall–Kier alpha value is -0.740. The van der Waals surface area contributed by atoms with Crippen LogP contribution in [0.3, 0.4) is 0 Å². The van der Waals surface area contributed by atoms with Crippen molar-refractivity contribution in [1.29, 1.82) is 0 Å². The second kappa shape index (κ2) is 5.81. The molecule has 0 unspecified atom stereocenters. The monoisotopic (exact) mass is 318 g/mol. The maximum atomic E-state index is 5.59. The van der Waals surface area contributed by atoms with E-state index in [2.05, 4.69) is 34.9 Å². The average Bonchev–Trinajstić information content (AvgIpc) is 3.10. The first-order valence-corrected chi connectivity index (χ1v) is 9.48. The quantitative estimate of drug-likeness (QED) is 0.808. The largest absolute Gasteiger partial charge is 0.360 e. The molecule has 1 aromatic carbocycles. The van der Waals surface area contributed by atoms with Crippen molar-refractivity contribution in [1.82, 2.24) is 10.6 Å². The van der Waals surface area contributed by atoms with Crippen LogP contribution in [0.25, 0.3) is 0 Å². The summed E-state index contributed by atoms with van der Waals surface area (Å²) < 4.78 is 0. The van der Waals surface area contributed by atoms with E-state index in [1.165, 1.54) is 41.9 Å². The molecular formula is C17H22N2S2. The Balaban J connectivity index is 1.39. The number of fused-ring (bicyclic) bond motifs is 3. The van der Waals surface area contributed by atoms with Crippen LogP contribution in [0.1, 0.15) is 43.7 Å². The minimum atomic E-state index is 0.376. The summed E-state index contributed by atoms with van der Waals surface area (Å²) in [6, 6.07) is 9.71. The van der Waals surface area contributed by atoms with E-state index in [0.29, 0.717) is 12.1 Å². The zero-order valence-electron chi connectivity index (χ0n) is 12.2. The lowest BCUT2D eigenvalue weighted by Crippen LogP contribution is -2.45. The molecule has 2 aliphatic carbocycles. The number of rotatable bonds is 2. The van der Waals surface area contributed by atoms with Gasteiger partial charge in [-0.05, 0) is 61.4 Å². The molecule has 4 rings (SSSR count). The average molecular weight is 319 g/mol. The summed E-state index contributed by atoms with van der Waals surface area (Å²) in [6.45, 7) is 0. The molecule has 2 nitrogen and oxygen atoms in total. The van der Waals surface area contributed by atoms with E-state index in [-0.39, 0.29) is 0 Å². The predicted octanol–water partition coefficient (Wildman–Crippen LogP) is 3.88. The van der Waals surface area contributed by atoms with Crippen molar-refractivity contribution in [3.63, 3.8) is 0 Å². The lowest BCUT2D eigenvalue weighted by Gasteiger charge is -2.30. The Kier molecular flexibility index (Phi) is 3.84. The van der Waals surface area contributed by atoms with E-state index in [1.54, 1.807) is 0 Å². The first-order valence-electron chi connectivity index (χ1n) is 8.08. The van der Waals surface area contributed by atoms with E-state index in [9.17, 15) is 0 Å². The van der Waals surface area contributed by atoms with Crippen LogP contribution < -0.4 is 10.6 Å². The van der Waals surface area contributed by atoms with Crippen molar-refractivity contribution in [3.8, 4) is 0 Å². The summed E-state index contributed by atoms with van der Waals surface area (Å²) >= 11 is 7.55. The van der Waals surface area contributed by atoms with Crippen LogP contribution in [0.15, 0.2) is 29.2 Å². The molecule has 4 atom stereocenters. The molecule has 2 N–H and O–H groups in total. The van der Waals surface area contributed by atoms with Crippen LogP contribution in [-0.2, 0) is 0 Å². The first-order chi connectivity index (χ1) is 10.3. The highest BCUT2D eigenvalue weighted by molar-refractivity contribution is 7.99. The molecule has 1 aromatic rings. The zero-order valence-corrected chi connectivity index (χ0v) is 13.8. The summed E-state index contributed by atoms with van der Waals surface area (Å²) in [4.78, 5) is 1.41. The molecule has 4 heteroatoms. The van der Waals surface area contributed by atoms with E-state index >= 15 is 0 Å². The van der Waals surface area contributed by atoms with E-state index < -0.39 is 0 Å². The van der Waals surface area contributed by atoms with Crippen molar-refractivity contribution < 1.29 is 0 Å².